The smallest absolute Gasteiger partial charge is 0.256 e. The third-order valence-electron chi connectivity index (χ3n) is 5.62. The van der Waals surface area contributed by atoms with Crippen molar-refractivity contribution in [2.45, 2.75) is 25.8 Å². The van der Waals surface area contributed by atoms with Crippen LogP contribution in [0, 0.1) is 5.82 Å². The predicted octanol–water partition coefficient (Wildman–Crippen LogP) is 4.19. The van der Waals surface area contributed by atoms with Crippen LogP contribution in [0.15, 0.2) is 73.1 Å². The van der Waals surface area contributed by atoms with E-state index < -0.39 is 11.9 Å². The Bertz CT molecular complexity index is 1190. The first-order valence-electron chi connectivity index (χ1n) is 11.3. The molecule has 2 amide bonds. The quantitative estimate of drug-likeness (QED) is 0.452. The number of nitrogens with one attached hydrogen (secondary N) is 1. The Balaban J connectivity index is 1.52. The molecule has 0 spiro atoms. The monoisotopic (exact) mass is 492 g/mol. The number of pyridine rings is 1. The molecule has 2 aromatic carbocycles. The molecular formula is C26H25FN4O3S. The fourth-order valence-electron chi connectivity index (χ4n) is 3.90. The Morgan fingerprint density at radius 2 is 1.77 bits per heavy atom. The summed E-state index contributed by atoms with van der Waals surface area (Å²) in [6, 6.07) is 15.6. The van der Waals surface area contributed by atoms with E-state index in [1.54, 1.807) is 41.6 Å². The molecule has 2 heterocycles. The van der Waals surface area contributed by atoms with Crippen molar-refractivity contribution in [1.29, 1.82) is 0 Å². The number of halogens is 1. The number of amides is 2. The van der Waals surface area contributed by atoms with Crippen LogP contribution in [0.2, 0.25) is 0 Å². The first-order chi connectivity index (χ1) is 17.0. The van der Waals surface area contributed by atoms with Crippen molar-refractivity contribution in [2.24, 2.45) is 0 Å². The van der Waals surface area contributed by atoms with E-state index in [2.05, 4.69) is 10.3 Å². The maximum atomic E-state index is 13.5. The van der Waals surface area contributed by atoms with Crippen LogP contribution < -0.4 is 15.0 Å². The summed E-state index contributed by atoms with van der Waals surface area (Å²) in [5.74, 6) is -0.338. The number of hydrogen-bond donors (Lipinski definition) is 1. The number of aromatic nitrogens is 1. The van der Waals surface area contributed by atoms with Crippen molar-refractivity contribution in [2.75, 3.05) is 23.4 Å². The number of thiocarbonyl (C=S) groups is 1. The highest BCUT2D eigenvalue weighted by Crippen LogP contribution is 2.28. The number of ether oxygens (including phenoxy) is 1. The van der Waals surface area contributed by atoms with E-state index in [-0.39, 0.29) is 23.3 Å². The van der Waals surface area contributed by atoms with Gasteiger partial charge >= 0.3 is 0 Å². The zero-order valence-corrected chi connectivity index (χ0v) is 20.0. The minimum Gasteiger partial charge on any atom is -0.494 e. The zero-order chi connectivity index (χ0) is 24.8. The lowest BCUT2D eigenvalue weighted by Gasteiger charge is -2.24. The topological polar surface area (TPSA) is 74.8 Å². The number of benzene rings is 2. The van der Waals surface area contributed by atoms with E-state index in [4.69, 9.17) is 17.0 Å². The minimum absolute atomic E-state index is 0.0831. The molecule has 180 valence electrons. The van der Waals surface area contributed by atoms with Gasteiger partial charge in [-0.15, -0.1) is 0 Å². The summed E-state index contributed by atoms with van der Waals surface area (Å²) < 4.78 is 18.9. The van der Waals surface area contributed by atoms with Crippen molar-refractivity contribution in [1.82, 2.24) is 9.88 Å². The molecule has 1 aromatic heterocycles. The summed E-state index contributed by atoms with van der Waals surface area (Å²) in [5.41, 5.74) is 2.10. The Kier molecular flexibility index (Phi) is 7.67. The SMILES string of the molecule is CCOc1ccc(NC(=O)CC2C(=O)N(c3ccc(F)cc3)C(=S)N2CCc2ccncc2)cc1. The van der Waals surface area contributed by atoms with Gasteiger partial charge in [0.1, 0.15) is 17.6 Å². The van der Waals surface area contributed by atoms with Gasteiger partial charge in [-0.2, -0.15) is 0 Å². The Hall–Kier alpha value is -3.85. The lowest BCUT2D eigenvalue weighted by atomic mass is 10.1. The van der Waals surface area contributed by atoms with Crippen LogP contribution in [0.4, 0.5) is 15.8 Å². The molecule has 1 aliphatic rings. The molecule has 0 radical (unpaired) electrons. The van der Waals surface area contributed by atoms with Gasteiger partial charge in [-0.05, 0) is 91.8 Å². The Labute approximate surface area is 208 Å². The van der Waals surface area contributed by atoms with Crippen LogP contribution in [0.5, 0.6) is 5.75 Å². The largest absolute Gasteiger partial charge is 0.494 e. The highest BCUT2D eigenvalue weighted by atomic mass is 32.1. The van der Waals surface area contributed by atoms with Gasteiger partial charge in [-0.3, -0.25) is 19.5 Å². The summed E-state index contributed by atoms with van der Waals surface area (Å²) in [6.45, 7) is 2.89. The molecule has 4 rings (SSSR count). The lowest BCUT2D eigenvalue weighted by Crippen LogP contribution is -2.39. The number of anilines is 2. The van der Waals surface area contributed by atoms with E-state index in [1.165, 1.54) is 29.2 Å². The van der Waals surface area contributed by atoms with Gasteiger partial charge in [0.15, 0.2) is 5.11 Å². The van der Waals surface area contributed by atoms with Crippen LogP contribution in [-0.2, 0) is 16.0 Å². The molecule has 1 unspecified atom stereocenters. The molecule has 0 aliphatic carbocycles. The highest BCUT2D eigenvalue weighted by molar-refractivity contribution is 7.80. The normalized spacial score (nSPS) is 15.4. The fraction of sp³-hybridized carbons (Fsp3) is 0.231. The molecule has 1 aliphatic heterocycles. The van der Waals surface area contributed by atoms with Crippen molar-refractivity contribution in [3.8, 4) is 5.75 Å². The maximum absolute atomic E-state index is 13.5. The fourth-order valence-corrected chi connectivity index (χ4v) is 4.32. The average molecular weight is 493 g/mol. The van der Waals surface area contributed by atoms with Gasteiger partial charge in [0.25, 0.3) is 5.91 Å². The molecule has 35 heavy (non-hydrogen) atoms. The van der Waals surface area contributed by atoms with Crippen molar-refractivity contribution < 1.29 is 18.7 Å². The second kappa shape index (κ2) is 11.1. The zero-order valence-electron chi connectivity index (χ0n) is 19.2. The molecule has 7 nitrogen and oxygen atoms in total. The third-order valence-corrected chi connectivity index (χ3v) is 6.04. The predicted molar refractivity (Wildman–Crippen MR) is 136 cm³/mol. The molecule has 9 heteroatoms. The van der Waals surface area contributed by atoms with Gasteiger partial charge in [0.2, 0.25) is 5.91 Å². The van der Waals surface area contributed by atoms with Gasteiger partial charge in [0.05, 0.1) is 18.7 Å². The van der Waals surface area contributed by atoms with E-state index >= 15 is 0 Å². The van der Waals surface area contributed by atoms with Crippen molar-refractivity contribution in [3.63, 3.8) is 0 Å². The molecule has 1 saturated heterocycles. The van der Waals surface area contributed by atoms with Crippen LogP contribution in [0.25, 0.3) is 0 Å². The van der Waals surface area contributed by atoms with Gasteiger partial charge in [-0.25, -0.2) is 4.39 Å². The van der Waals surface area contributed by atoms with Gasteiger partial charge < -0.3 is 15.0 Å². The minimum atomic E-state index is -0.780. The molecule has 3 aromatic rings. The standard InChI is InChI=1S/C26H25FN4O3S/c1-2-34-22-9-5-20(6-10-22)29-24(32)17-23-25(33)31(21-7-3-19(27)4-8-21)26(35)30(23)16-13-18-11-14-28-15-12-18/h3-12,14-15,23H,2,13,16-17H2,1H3,(H,29,32). The third kappa shape index (κ3) is 5.81. The summed E-state index contributed by atoms with van der Waals surface area (Å²) >= 11 is 5.65. The Morgan fingerprint density at radius 3 is 2.43 bits per heavy atom. The second-order valence-corrected chi connectivity index (χ2v) is 8.32. The molecular weight excluding hydrogens is 467 g/mol. The lowest BCUT2D eigenvalue weighted by molar-refractivity contribution is -0.124. The summed E-state index contributed by atoms with van der Waals surface area (Å²) in [7, 11) is 0. The number of nitrogens with zero attached hydrogens (tertiary/aromatic N) is 3. The maximum Gasteiger partial charge on any atom is 0.256 e. The molecule has 1 N–H and O–H groups in total. The molecule has 0 bridgehead atoms. The summed E-state index contributed by atoms with van der Waals surface area (Å²) in [4.78, 5) is 33.5. The number of rotatable bonds is 9. The first kappa shape index (κ1) is 24.3. The highest BCUT2D eigenvalue weighted by Gasteiger charge is 2.43. The van der Waals surface area contributed by atoms with E-state index in [9.17, 15) is 14.0 Å². The van der Waals surface area contributed by atoms with Gasteiger partial charge in [0, 0.05) is 24.6 Å². The average Bonchev–Trinajstić information content (AvgIpc) is 3.09. The van der Waals surface area contributed by atoms with E-state index in [1.807, 2.05) is 19.1 Å². The van der Waals surface area contributed by atoms with Gasteiger partial charge in [-0.1, -0.05) is 0 Å². The van der Waals surface area contributed by atoms with Crippen LogP contribution in [0.1, 0.15) is 18.9 Å². The van der Waals surface area contributed by atoms with Crippen LogP contribution >= 0.6 is 12.2 Å². The van der Waals surface area contributed by atoms with E-state index in [0.29, 0.717) is 36.7 Å². The molecule has 1 atom stereocenters. The van der Waals surface area contributed by atoms with Crippen molar-refractivity contribution >= 4 is 40.5 Å². The van der Waals surface area contributed by atoms with Crippen LogP contribution in [0.3, 0.4) is 0 Å². The van der Waals surface area contributed by atoms with E-state index in [0.717, 1.165) is 5.56 Å². The Morgan fingerprint density at radius 1 is 1.09 bits per heavy atom. The molecule has 0 saturated carbocycles. The van der Waals surface area contributed by atoms with Crippen LogP contribution in [-0.4, -0.2) is 46.0 Å². The molecule has 1 fully saturated rings. The summed E-state index contributed by atoms with van der Waals surface area (Å²) in [6.07, 6.45) is 3.94. The summed E-state index contributed by atoms with van der Waals surface area (Å²) in [5, 5.41) is 3.12. The van der Waals surface area contributed by atoms with Crippen molar-refractivity contribution in [3.05, 3.63) is 84.4 Å². The number of carbonyl (C=O) groups excluding carboxylic acids is 2. The first-order valence-corrected chi connectivity index (χ1v) is 11.7. The second-order valence-electron chi connectivity index (χ2n) is 7.96. The number of hydrogen-bond acceptors (Lipinski definition) is 5. The number of carbonyl (C=O) groups is 2.